The Morgan fingerprint density at radius 3 is 2.61 bits per heavy atom. The first kappa shape index (κ1) is 29.3. The predicted molar refractivity (Wildman–Crippen MR) is 171 cm³/mol. The Morgan fingerprint density at radius 2 is 1.90 bits per heavy atom. The molecule has 0 radical (unpaired) electrons. The van der Waals surface area contributed by atoms with Gasteiger partial charge in [-0.05, 0) is 74.7 Å². The van der Waals surface area contributed by atoms with Gasteiger partial charge in [0.25, 0.3) is 0 Å². The summed E-state index contributed by atoms with van der Waals surface area (Å²) in [7, 11) is 2.01. The van der Waals surface area contributed by atoms with E-state index in [1.54, 1.807) is 23.5 Å². The van der Waals surface area contributed by atoms with E-state index in [-0.39, 0.29) is 29.9 Å². The second kappa shape index (κ2) is 12.9. The van der Waals surface area contributed by atoms with Gasteiger partial charge in [-0.15, -0.1) is 0 Å². The monoisotopic (exact) mass is 631 g/mol. The Hall–Kier alpha value is -1.75. The number of halogens is 2. The number of rotatable bonds is 8. The Kier molecular flexibility index (Phi) is 9.20. The largest absolute Gasteiger partial charge is 0.353 e. The number of anilines is 1. The van der Waals surface area contributed by atoms with Gasteiger partial charge in [0.1, 0.15) is 4.38 Å². The number of nitrogens with one attached hydrogen (secondary N) is 2. The second-order valence-electron chi connectivity index (χ2n) is 11.4. The van der Waals surface area contributed by atoms with Crippen LogP contribution in [-0.2, 0) is 16.1 Å². The fourth-order valence-electron chi connectivity index (χ4n) is 6.11. The number of amides is 2. The molecular formula is C30H35Cl2N5O2S2. The first-order valence-corrected chi connectivity index (χ1v) is 16.9. The molecule has 4 atom stereocenters. The summed E-state index contributed by atoms with van der Waals surface area (Å²) in [5, 5.41) is 7.92. The molecule has 3 heterocycles. The van der Waals surface area contributed by atoms with Gasteiger partial charge in [0, 0.05) is 42.5 Å². The van der Waals surface area contributed by atoms with E-state index in [0.717, 1.165) is 67.5 Å². The minimum absolute atomic E-state index is 0.0381. The number of fused-ring (bicyclic) bond motifs is 1. The van der Waals surface area contributed by atoms with Crippen LogP contribution in [0.5, 0.6) is 0 Å². The van der Waals surface area contributed by atoms with Crippen molar-refractivity contribution in [2.75, 3.05) is 37.8 Å². The Labute approximate surface area is 260 Å². The minimum Gasteiger partial charge on any atom is -0.353 e. The van der Waals surface area contributed by atoms with Crippen LogP contribution in [0.2, 0.25) is 10.0 Å². The second-order valence-corrected chi connectivity index (χ2v) is 14.6. The first-order valence-electron chi connectivity index (χ1n) is 14.3. The smallest absolute Gasteiger partial charge is 0.241 e. The molecule has 1 aliphatic carbocycles. The number of hydrogen-bond donors (Lipinski definition) is 2. The lowest BCUT2D eigenvalue weighted by Crippen LogP contribution is -2.44. The number of carbonyl (C=O) groups is 2. The number of aliphatic imine (C=N–C) groups is 1. The summed E-state index contributed by atoms with van der Waals surface area (Å²) < 4.78 is 1.01. The zero-order valence-corrected chi connectivity index (χ0v) is 26.2. The fraction of sp³-hybridized carbons (Fsp3) is 0.500. The maximum Gasteiger partial charge on any atom is 0.241 e. The maximum absolute atomic E-state index is 12.7. The van der Waals surface area contributed by atoms with Crippen molar-refractivity contribution in [1.29, 1.82) is 0 Å². The zero-order valence-electron chi connectivity index (χ0n) is 23.0. The molecule has 1 saturated carbocycles. The average Bonchev–Trinajstić information content (AvgIpc) is 3.23. The average molecular weight is 633 g/mol. The van der Waals surface area contributed by atoms with E-state index in [4.69, 9.17) is 28.2 Å². The van der Waals surface area contributed by atoms with Crippen LogP contribution in [0.1, 0.15) is 42.7 Å². The van der Waals surface area contributed by atoms with E-state index in [1.165, 1.54) is 5.56 Å². The number of piperidine rings is 1. The van der Waals surface area contributed by atoms with Crippen LogP contribution in [0, 0.1) is 0 Å². The summed E-state index contributed by atoms with van der Waals surface area (Å²) >= 11 is 15.5. The van der Waals surface area contributed by atoms with Crippen molar-refractivity contribution in [2.24, 2.45) is 4.99 Å². The Bertz CT molecular complexity index is 1340. The van der Waals surface area contributed by atoms with Gasteiger partial charge in [-0.1, -0.05) is 64.9 Å². The zero-order chi connectivity index (χ0) is 28.5. The van der Waals surface area contributed by atoms with Gasteiger partial charge in [-0.2, -0.15) is 0 Å². The number of nitrogens with zero attached hydrogens (tertiary/aromatic N) is 3. The van der Waals surface area contributed by atoms with Gasteiger partial charge in [-0.25, -0.2) is 0 Å². The van der Waals surface area contributed by atoms with Gasteiger partial charge in [0.05, 0.1) is 27.9 Å². The van der Waals surface area contributed by atoms with Crippen molar-refractivity contribution >= 4 is 68.6 Å². The van der Waals surface area contributed by atoms with Crippen LogP contribution in [-0.4, -0.2) is 81.8 Å². The third kappa shape index (κ3) is 7.08. The summed E-state index contributed by atoms with van der Waals surface area (Å²) in [6.07, 6.45) is 3.87. The van der Waals surface area contributed by atoms with E-state index in [9.17, 15) is 9.59 Å². The van der Waals surface area contributed by atoms with Crippen LogP contribution < -0.4 is 10.6 Å². The summed E-state index contributed by atoms with van der Waals surface area (Å²) in [5.41, 5.74) is 3.24. The normalized spacial score (nSPS) is 26.5. The molecule has 2 aromatic rings. The molecule has 6 rings (SSSR count). The molecule has 2 amide bonds. The summed E-state index contributed by atoms with van der Waals surface area (Å²) in [4.78, 5) is 34.8. The van der Waals surface area contributed by atoms with Gasteiger partial charge < -0.3 is 10.6 Å². The minimum atomic E-state index is -0.0381. The molecule has 2 saturated heterocycles. The van der Waals surface area contributed by atoms with Crippen molar-refractivity contribution in [1.82, 2.24) is 15.1 Å². The predicted octanol–water partition coefficient (Wildman–Crippen LogP) is 5.48. The van der Waals surface area contributed by atoms with E-state index >= 15 is 0 Å². The van der Waals surface area contributed by atoms with Crippen molar-refractivity contribution in [2.45, 2.75) is 61.5 Å². The van der Waals surface area contributed by atoms with Crippen LogP contribution in [0.25, 0.3) is 0 Å². The molecule has 2 aromatic carbocycles. The molecule has 41 heavy (non-hydrogen) atoms. The van der Waals surface area contributed by atoms with Crippen LogP contribution >= 0.6 is 46.7 Å². The van der Waals surface area contributed by atoms with Gasteiger partial charge in [0.2, 0.25) is 11.8 Å². The molecule has 0 spiro atoms. The highest BCUT2D eigenvalue weighted by Crippen LogP contribution is 2.57. The van der Waals surface area contributed by atoms with E-state index in [2.05, 4.69) is 32.6 Å². The highest BCUT2D eigenvalue weighted by molar-refractivity contribution is 8.39. The molecule has 0 aromatic heterocycles. The lowest BCUT2D eigenvalue weighted by molar-refractivity contribution is -0.120. The third-order valence-corrected chi connectivity index (χ3v) is 11.7. The third-order valence-electron chi connectivity index (χ3n) is 8.44. The van der Waals surface area contributed by atoms with Crippen molar-refractivity contribution in [3.05, 3.63) is 63.6 Å². The molecule has 3 aliphatic heterocycles. The molecule has 3 fully saturated rings. The molecule has 218 valence electrons. The summed E-state index contributed by atoms with van der Waals surface area (Å²) in [5.74, 6) is 0.931. The highest BCUT2D eigenvalue weighted by Gasteiger charge is 2.56. The van der Waals surface area contributed by atoms with E-state index < -0.39 is 0 Å². The number of hydrogen-bond acceptors (Lipinski definition) is 7. The Morgan fingerprint density at radius 1 is 1.07 bits per heavy atom. The first-order chi connectivity index (χ1) is 19.8. The molecule has 7 nitrogen and oxygen atoms in total. The summed E-state index contributed by atoms with van der Waals surface area (Å²) in [6.45, 7) is 3.69. The van der Waals surface area contributed by atoms with E-state index in [0.29, 0.717) is 27.0 Å². The van der Waals surface area contributed by atoms with Gasteiger partial charge in [-0.3, -0.25) is 24.4 Å². The van der Waals surface area contributed by atoms with Crippen molar-refractivity contribution < 1.29 is 9.59 Å². The molecule has 4 aliphatic rings. The van der Waals surface area contributed by atoms with Crippen molar-refractivity contribution in [3.63, 3.8) is 0 Å². The van der Waals surface area contributed by atoms with Crippen molar-refractivity contribution in [3.8, 4) is 0 Å². The maximum atomic E-state index is 12.7. The lowest BCUT2D eigenvalue weighted by Gasteiger charge is -2.32. The number of carbonyl (C=O) groups excluding carboxylic acids is 2. The topological polar surface area (TPSA) is 77.0 Å². The molecule has 3 unspecified atom stereocenters. The van der Waals surface area contributed by atoms with Gasteiger partial charge >= 0.3 is 0 Å². The Balaban J connectivity index is 0.915. The SMILES string of the molecule is CN1CCC[C@H]1C(=O)Nc1cccc(C2C3N=C(SCC(=O)NC4CCN(Cc5ccc(Cl)c(Cl)c5)CC4)SC32)c1. The van der Waals surface area contributed by atoms with Crippen LogP contribution in [0.4, 0.5) is 5.69 Å². The standard InChI is InChI=1S/C30H35Cl2N5O2S2/c1-36-11-3-6-24(36)29(39)34-21-5-2-4-19(15-21)26-27-28(26)41-30(35-27)40-17-25(38)33-20-9-12-37(13-10-20)16-18-7-8-22(31)23(32)14-18/h2,4-5,7-8,14-15,20,24,26-28H,3,6,9-13,16-17H2,1H3,(H,33,38)(H,34,39)/t24-,26?,27?,28?/m0/s1. The number of likely N-dealkylation sites (tertiary alicyclic amines) is 2. The van der Waals surface area contributed by atoms with Crippen LogP contribution in [0.15, 0.2) is 47.5 Å². The molecular weight excluding hydrogens is 597 g/mol. The van der Waals surface area contributed by atoms with Crippen LogP contribution in [0.3, 0.4) is 0 Å². The molecule has 0 bridgehead atoms. The highest BCUT2D eigenvalue weighted by atomic mass is 35.5. The number of thioether (sulfide) groups is 2. The molecule has 2 N–H and O–H groups in total. The molecule has 11 heteroatoms. The van der Waals surface area contributed by atoms with Gasteiger partial charge in [0.15, 0.2) is 0 Å². The van der Waals surface area contributed by atoms with E-state index in [1.807, 2.05) is 37.4 Å². The quantitative estimate of drug-likeness (QED) is 0.402. The lowest BCUT2D eigenvalue weighted by atomic mass is 10.0. The fourth-order valence-corrected chi connectivity index (χ4v) is 8.91. The summed E-state index contributed by atoms with van der Waals surface area (Å²) in [6, 6.07) is 14.4. The number of likely N-dealkylation sites (N-methyl/N-ethyl adjacent to an activating group) is 1. The number of benzene rings is 2.